The van der Waals surface area contributed by atoms with Crippen LogP contribution in [-0.2, 0) is 11.3 Å². The average Bonchev–Trinajstić information content (AvgIpc) is 2.81. The molecule has 174 valence electrons. The monoisotopic (exact) mass is 450 g/mol. The molecule has 8 nitrogen and oxygen atoms in total. The van der Waals surface area contributed by atoms with E-state index in [-0.39, 0.29) is 30.5 Å². The molecular formula is C25H30N4O4. The first kappa shape index (κ1) is 24.0. The van der Waals surface area contributed by atoms with Crippen molar-refractivity contribution in [2.45, 2.75) is 32.7 Å². The van der Waals surface area contributed by atoms with Crippen molar-refractivity contribution in [1.82, 2.24) is 9.55 Å². The van der Waals surface area contributed by atoms with Crippen LogP contribution >= 0.6 is 0 Å². The van der Waals surface area contributed by atoms with Crippen LogP contribution in [0, 0.1) is 0 Å². The van der Waals surface area contributed by atoms with Gasteiger partial charge in [0.1, 0.15) is 5.82 Å². The molecule has 0 saturated heterocycles. The quantitative estimate of drug-likeness (QED) is 0.487. The highest BCUT2D eigenvalue weighted by Crippen LogP contribution is 2.22. The molecule has 0 spiro atoms. The molecule has 1 amide bonds. The van der Waals surface area contributed by atoms with E-state index in [0.717, 1.165) is 11.1 Å². The van der Waals surface area contributed by atoms with Gasteiger partial charge in [0.15, 0.2) is 5.69 Å². The molecule has 8 heteroatoms. The molecule has 0 aliphatic carbocycles. The predicted octanol–water partition coefficient (Wildman–Crippen LogP) is 2.97. The lowest BCUT2D eigenvalue weighted by Gasteiger charge is -2.25. The van der Waals surface area contributed by atoms with Gasteiger partial charge in [0.2, 0.25) is 0 Å². The minimum Gasteiger partial charge on any atom is -0.385 e. The number of aromatic amines is 1. The minimum atomic E-state index is -0.702. The lowest BCUT2D eigenvalue weighted by molar-refractivity contribution is 0.0983. The largest absolute Gasteiger partial charge is 0.385 e. The van der Waals surface area contributed by atoms with Gasteiger partial charge in [-0.15, -0.1) is 0 Å². The molecule has 0 aliphatic heterocycles. The summed E-state index contributed by atoms with van der Waals surface area (Å²) in [5.41, 5.74) is 7.33. The van der Waals surface area contributed by atoms with Crippen LogP contribution in [0.3, 0.4) is 0 Å². The van der Waals surface area contributed by atoms with Gasteiger partial charge in [-0.2, -0.15) is 0 Å². The first-order chi connectivity index (χ1) is 15.8. The molecule has 0 fully saturated rings. The fourth-order valence-electron chi connectivity index (χ4n) is 3.61. The van der Waals surface area contributed by atoms with Crippen molar-refractivity contribution in [2.75, 3.05) is 30.9 Å². The number of ether oxygens (including phenoxy) is 1. The van der Waals surface area contributed by atoms with Crippen LogP contribution in [0.4, 0.5) is 11.5 Å². The van der Waals surface area contributed by atoms with Crippen molar-refractivity contribution in [3.63, 3.8) is 0 Å². The zero-order chi connectivity index (χ0) is 24.0. The lowest BCUT2D eigenvalue weighted by atomic mass is 10.0. The number of amides is 1. The highest BCUT2D eigenvalue weighted by Gasteiger charge is 2.25. The van der Waals surface area contributed by atoms with Crippen molar-refractivity contribution < 1.29 is 9.53 Å². The molecule has 1 heterocycles. The third-order valence-corrected chi connectivity index (χ3v) is 5.47. The fraction of sp³-hybridized carbons (Fsp3) is 0.320. The van der Waals surface area contributed by atoms with Gasteiger partial charge in [0.25, 0.3) is 11.5 Å². The highest BCUT2D eigenvalue weighted by molar-refractivity contribution is 6.07. The Bertz CT molecular complexity index is 1200. The molecule has 0 radical (unpaired) electrons. The number of hydrogen-bond donors (Lipinski definition) is 2. The lowest BCUT2D eigenvalue weighted by Crippen LogP contribution is -2.42. The normalized spacial score (nSPS) is 11.0. The second-order valence-electron chi connectivity index (χ2n) is 8.14. The van der Waals surface area contributed by atoms with E-state index in [4.69, 9.17) is 10.5 Å². The van der Waals surface area contributed by atoms with E-state index in [1.165, 1.54) is 9.47 Å². The van der Waals surface area contributed by atoms with Gasteiger partial charge in [0.05, 0.1) is 6.54 Å². The number of nitrogens with two attached hydrogens (primary N) is 1. The molecule has 0 aliphatic rings. The molecule has 3 N–H and O–H groups in total. The summed E-state index contributed by atoms with van der Waals surface area (Å²) in [5, 5.41) is 0. The van der Waals surface area contributed by atoms with E-state index in [9.17, 15) is 14.4 Å². The summed E-state index contributed by atoms with van der Waals surface area (Å²) in [6.45, 7) is 4.92. The van der Waals surface area contributed by atoms with E-state index in [0.29, 0.717) is 24.5 Å². The van der Waals surface area contributed by atoms with Crippen LogP contribution in [0.1, 0.15) is 47.7 Å². The molecule has 0 bridgehead atoms. The maximum absolute atomic E-state index is 13.5. The van der Waals surface area contributed by atoms with Gasteiger partial charge in [-0.1, -0.05) is 56.3 Å². The van der Waals surface area contributed by atoms with Crippen molar-refractivity contribution in [2.24, 2.45) is 0 Å². The van der Waals surface area contributed by atoms with Crippen LogP contribution in [0.2, 0.25) is 0 Å². The zero-order valence-corrected chi connectivity index (χ0v) is 19.2. The Morgan fingerprint density at radius 3 is 2.36 bits per heavy atom. The first-order valence-electron chi connectivity index (χ1n) is 10.9. The molecule has 33 heavy (non-hydrogen) atoms. The van der Waals surface area contributed by atoms with E-state index >= 15 is 0 Å². The number of nitrogen functional groups attached to an aromatic ring is 1. The predicted molar refractivity (Wildman–Crippen MR) is 130 cm³/mol. The first-order valence-corrected chi connectivity index (χ1v) is 10.9. The van der Waals surface area contributed by atoms with E-state index in [1.54, 1.807) is 19.2 Å². The fourth-order valence-corrected chi connectivity index (χ4v) is 3.61. The third kappa shape index (κ3) is 5.59. The standard InChI is InChI=1S/C25H30N4O4/c1-17(2)19-10-12-20(13-11-19)24(31)28(14-7-15-33-3)21-22(26)29(25(32)27-23(21)30)16-18-8-5-4-6-9-18/h4-6,8-13,17H,7,14-16,26H2,1-3H3,(H,27,30,32). The summed E-state index contributed by atoms with van der Waals surface area (Å²) in [4.78, 5) is 42.5. The summed E-state index contributed by atoms with van der Waals surface area (Å²) in [5.74, 6) is -0.104. The maximum atomic E-state index is 13.5. The van der Waals surface area contributed by atoms with E-state index < -0.39 is 11.2 Å². The van der Waals surface area contributed by atoms with Crippen molar-refractivity contribution in [3.8, 4) is 0 Å². The van der Waals surface area contributed by atoms with Gasteiger partial charge in [-0.05, 0) is 35.6 Å². The minimum absolute atomic E-state index is 0.0421. The number of benzene rings is 2. The summed E-state index contributed by atoms with van der Waals surface area (Å²) in [7, 11) is 1.57. The SMILES string of the molecule is COCCCN(C(=O)c1ccc(C(C)C)cc1)c1c(N)n(Cc2ccccc2)c(=O)[nH]c1=O. The summed E-state index contributed by atoms with van der Waals surface area (Å²) in [6, 6.07) is 16.6. The Balaban J connectivity index is 2.06. The Morgan fingerprint density at radius 1 is 1.09 bits per heavy atom. The van der Waals surface area contributed by atoms with Crippen LogP contribution < -0.4 is 21.9 Å². The number of rotatable bonds is 9. The topological polar surface area (TPSA) is 110 Å². The van der Waals surface area contributed by atoms with Crippen LogP contribution in [0.15, 0.2) is 64.2 Å². The summed E-state index contributed by atoms with van der Waals surface area (Å²) < 4.78 is 6.40. The summed E-state index contributed by atoms with van der Waals surface area (Å²) >= 11 is 0. The van der Waals surface area contributed by atoms with E-state index in [1.807, 2.05) is 42.5 Å². The van der Waals surface area contributed by atoms with Gasteiger partial charge in [-0.3, -0.25) is 19.1 Å². The molecule has 0 unspecified atom stereocenters. The second kappa shape index (κ2) is 10.8. The summed E-state index contributed by atoms with van der Waals surface area (Å²) in [6.07, 6.45) is 0.489. The number of anilines is 2. The van der Waals surface area contributed by atoms with Gasteiger partial charge in [0, 0.05) is 25.8 Å². The van der Waals surface area contributed by atoms with Gasteiger partial charge < -0.3 is 15.4 Å². The molecule has 0 saturated carbocycles. The molecule has 1 aromatic heterocycles. The Kier molecular flexibility index (Phi) is 7.84. The Morgan fingerprint density at radius 2 is 1.76 bits per heavy atom. The molecule has 3 rings (SSSR count). The van der Waals surface area contributed by atoms with Crippen molar-refractivity contribution in [3.05, 3.63) is 92.1 Å². The smallest absolute Gasteiger partial charge is 0.330 e. The number of carbonyl (C=O) groups excluding carboxylic acids is 1. The molecule has 3 aromatic rings. The Hall–Kier alpha value is -3.65. The number of aromatic nitrogens is 2. The van der Waals surface area contributed by atoms with Crippen molar-refractivity contribution in [1.29, 1.82) is 0 Å². The molecular weight excluding hydrogens is 420 g/mol. The Labute approximate surface area is 192 Å². The van der Waals surface area contributed by atoms with Crippen LogP contribution in [0.5, 0.6) is 0 Å². The number of hydrogen-bond acceptors (Lipinski definition) is 5. The molecule has 0 atom stereocenters. The number of carbonyl (C=O) groups is 1. The molecule has 2 aromatic carbocycles. The average molecular weight is 451 g/mol. The number of H-pyrrole nitrogens is 1. The number of nitrogens with one attached hydrogen (secondary N) is 1. The number of nitrogens with zero attached hydrogens (tertiary/aromatic N) is 2. The van der Waals surface area contributed by atoms with E-state index in [2.05, 4.69) is 18.8 Å². The van der Waals surface area contributed by atoms with Gasteiger partial charge >= 0.3 is 5.69 Å². The van der Waals surface area contributed by atoms with Crippen LogP contribution in [-0.4, -0.2) is 35.7 Å². The van der Waals surface area contributed by atoms with Gasteiger partial charge in [-0.25, -0.2) is 4.79 Å². The second-order valence-corrected chi connectivity index (χ2v) is 8.14. The maximum Gasteiger partial charge on any atom is 0.330 e. The highest BCUT2D eigenvalue weighted by atomic mass is 16.5. The zero-order valence-electron chi connectivity index (χ0n) is 19.2. The van der Waals surface area contributed by atoms with Crippen LogP contribution in [0.25, 0.3) is 0 Å². The number of methoxy groups -OCH3 is 1. The third-order valence-electron chi connectivity index (χ3n) is 5.47. The van der Waals surface area contributed by atoms with Crippen molar-refractivity contribution >= 4 is 17.4 Å².